The molecule has 0 aromatic heterocycles. The van der Waals surface area contributed by atoms with Crippen LogP contribution in [0.25, 0.3) is 0 Å². The van der Waals surface area contributed by atoms with E-state index in [9.17, 15) is 13.2 Å². The zero-order valence-electron chi connectivity index (χ0n) is 17.3. The number of carbonyl (C=O) groups is 1. The Balaban J connectivity index is 1.46. The second-order valence-corrected chi connectivity index (χ2v) is 10.6. The van der Waals surface area contributed by atoms with Crippen molar-refractivity contribution in [2.45, 2.75) is 18.4 Å². The highest BCUT2D eigenvalue weighted by molar-refractivity contribution is 7.99. The highest BCUT2D eigenvalue weighted by Crippen LogP contribution is 2.22. The minimum atomic E-state index is -3.39. The molecule has 162 valence electrons. The highest BCUT2D eigenvalue weighted by atomic mass is 32.2. The molecule has 8 heteroatoms. The summed E-state index contributed by atoms with van der Waals surface area (Å²) < 4.78 is 26.9. The summed E-state index contributed by atoms with van der Waals surface area (Å²) in [5, 5.41) is 2.77. The predicted molar refractivity (Wildman–Crippen MR) is 122 cm³/mol. The molecule has 0 unspecified atom stereocenters. The van der Waals surface area contributed by atoms with Crippen molar-refractivity contribution in [2.75, 3.05) is 44.2 Å². The van der Waals surface area contributed by atoms with E-state index in [-0.39, 0.29) is 18.2 Å². The summed E-state index contributed by atoms with van der Waals surface area (Å²) in [7, 11) is -3.39. The van der Waals surface area contributed by atoms with Gasteiger partial charge in [0.2, 0.25) is 10.0 Å². The number of thioether (sulfide) groups is 1. The number of hydrogen-bond acceptors (Lipinski definition) is 5. The summed E-state index contributed by atoms with van der Waals surface area (Å²) in [5.74, 6) is 0.560. The number of carbonyl (C=O) groups excluding carboxylic acids is 1. The zero-order chi connectivity index (χ0) is 21.4. The molecule has 1 aliphatic heterocycles. The van der Waals surface area contributed by atoms with Crippen molar-refractivity contribution in [2.24, 2.45) is 0 Å². The van der Waals surface area contributed by atoms with E-state index in [1.165, 1.54) is 5.56 Å². The maximum atomic E-state index is 12.7. The second-order valence-electron chi connectivity index (χ2n) is 7.16. The van der Waals surface area contributed by atoms with E-state index in [2.05, 4.69) is 22.3 Å². The number of sulfonamides is 1. The van der Waals surface area contributed by atoms with Gasteiger partial charge in [-0.2, -0.15) is 4.31 Å². The Labute approximate surface area is 183 Å². The summed E-state index contributed by atoms with van der Waals surface area (Å²) in [6.07, 6.45) is 0. The molecule has 1 aliphatic rings. The first-order valence-electron chi connectivity index (χ1n) is 10.2. The fourth-order valence-corrected chi connectivity index (χ4v) is 5.60. The lowest BCUT2D eigenvalue weighted by Crippen LogP contribution is -2.49. The van der Waals surface area contributed by atoms with Gasteiger partial charge in [-0.25, -0.2) is 8.42 Å². The first kappa shape index (κ1) is 22.8. The second kappa shape index (κ2) is 10.9. The van der Waals surface area contributed by atoms with E-state index >= 15 is 0 Å². The Bertz CT molecular complexity index is 928. The van der Waals surface area contributed by atoms with Crippen LogP contribution in [0.1, 0.15) is 22.8 Å². The summed E-state index contributed by atoms with van der Waals surface area (Å²) in [5.41, 5.74) is 1.83. The van der Waals surface area contributed by atoms with Gasteiger partial charge in [-0.3, -0.25) is 9.69 Å². The number of hydrogen-bond donors (Lipinski definition) is 1. The quantitative estimate of drug-likeness (QED) is 0.599. The van der Waals surface area contributed by atoms with Crippen molar-refractivity contribution in [3.63, 3.8) is 0 Å². The molecule has 0 bridgehead atoms. The average molecular weight is 448 g/mol. The molecule has 0 radical (unpaired) electrons. The number of nitrogens with one attached hydrogen (secondary N) is 1. The van der Waals surface area contributed by atoms with Crippen LogP contribution in [-0.2, 0) is 16.6 Å². The third-order valence-electron chi connectivity index (χ3n) is 5.05. The number of benzene rings is 2. The summed E-state index contributed by atoms with van der Waals surface area (Å²) in [6, 6.07) is 17.6. The largest absolute Gasteiger partial charge is 0.351 e. The van der Waals surface area contributed by atoms with Gasteiger partial charge in [-0.05, 0) is 23.4 Å². The molecule has 0 spiro atoms. The molecule has 1 N–H and O–H groups in total. The number of piperazine rings is 1. The fraction of sp³-hybridized carbons (Fsp3) is 0.409. The van der Waals surface area contributed by atoms with Crippen molar-refractivity contribution < 1.29 is 13.2 Å². The average Bonchev–Trinajstić information content (AvgIpc) is 2.75. The van der Waals surface area contributed by atoms with Gasteiger partial charge in [0.15, 0.2) is 0 Å². The first-order valence-corrected chi connectivity index (χ1v) is 12.8. The standard InChI is InChI=1S/C22H29N3O3S2/c1-2-29-21-11-7-6-10-20(21)22(26)23-12-17-30(27,28)25-15-13-24(14-16-25)18-19-8-4-3-5-9-19/h3-11H,2,12-18H2,1H3,(H,23,26). The smallest absolute Gasteiger partial charge is 0.252 e. The highest BCUT2D eigenvalue weighted by Gasteiger charge is 2.26. The molecule has 0 aliphatic carbocycles. The topological polar surface area (TPSA) is 69.7 Å². The number of rotatable bonds is 9. The fourth-order valence-electron chi connectivity index (χ4n) is 3.46. The summed E-state index contributed by atoms with van der Waals surface area (Å²) >= 11 is 1.60. The van der Waals surface area contributed by atoms with Gasteiger partial charge >= 0.3 is 0 Å². The molecule has 2 aromatic rings. The molecule has 1 saturated heterocycles. The number of amides is 1. The van der Waals surface area contributed by atoms with Gasteiger partial charge in [0.1, 0.15) is 0 Å². The van der Waals surface area contributed by atoms with E-state index < -0.39 is 10.0 Å². The Hall–Kier alpha value is -1.87. The summed E-state index contributed by atoms with van der Waals surface area (Å²) in [6.45, 7) is 5.37. The van der Waals surface area contributed by atoms with Crippen LogP contribution in [0.4, 0.5) is 0 Å². The van der Waals surface area contributed by atoms with Gasteiger partial charge in [0.25, 0.3) is 5.91 Å². The van der Waals surface area contributed by atoms with E-state index in [0.29, 0.717) is 31.7 Å². The lowest BCUT2D eigenvalue weighted by Gasteiger charge is -2.34. The summed E-state index contributed by atoms with van der Waals surface area (Å²) in [4.78, 5) is 15.7. The maximum absolute atomic E-state index is 12.7. The molecule has 0 atom stereocenters. The SMILES string of the molecule is CCSc1ccccc1C(=O)NCCS(=O)(=O)N1CCN(Cc2ccccc2)CC1. The molecule has 30 heavy (non-hydrogen) atoms. The van der Waals surface area contributed by atoms with Gasteiger partial charge in [-0.15, -0.1) is 11.8 Å². The minimum Gasteiger partial charge on any atom is -0.351 e. The molecule has 1 amide bonds. The predicted octanol–water partition coefficient (Wildman–Crippen LogP) is 2.68. The third kappa shape index (κ3) is 6.31. The van der Waals surface area contributed by atoms with Crippen LogP contribution in [0.15, 0.2) is 59.5 Å². The minimum absolute atomic E-state index is 0.0828. The zero-order valence-corrected chi connectivity index (χ0v) is 18.9. The van der Waals surface area contributed by atoms with Crippen LogP contribution in [-0.4, -0.2) is 67.8 Å². The Morgan fingerprint density at radius 3 is 2.37 bits per heavy atom. The molecular formula is C22H29N3O3S2. The molecular weight excluding hydrogens is 418 g/mol. The monoisotopic (exact) mass is 447 g/mol. The van der Waals surface area contributed by atoms with Gasteiger partial charge in [-0.1, -0.05) is 49.4 Å². The molecule has 3 rings (SSSR count). The normalized spacial score (nSPS) is 15.8. The van der Waals surface area contributed by atoms with Crippen LogP contribution in [0.5, 0.6) is 0 Å². The van der Waals surface area contributed by atoms with Crippen molar-refractivity contribution in [3.8, 4) is 0 Å². The van der Waals surface area contributed by atoms with Crippen molar-refractivity contribution >= 4 is 27.7 Å². The van der Waals surface area contributed by atoms with Gasteiger partial charge in [0, 0.05) is 44.2 Å². The van der Waals surface area contributed by atoms with Gasteiger partial charge in [0.05, 0.1) is 11.3 Å². The first-order chi connectivity index (χ1) is 14.5. The van der Waals surface area contributed by atoms with Crippen LogP contribution < -0.4 is 5.32 Å². The van der Waals surface area contributed by atoms with E-state index in [4.69, 9.17) is 0 Å². The van der Waals surface area contributed by atoms with E-state index in [1.807, 2.05) is 43.3 Å². The van der Waals surface area contributed by atoms with Crippen molar-refractivity contribution in [1.29, 1.82) is 0 Å². The van der Waals surface area contributed by atoms with Crippen LogP contribution in [0, 0.1) is 0 Å². The van der Waals surface area contributed by atoms with E-state index in [1.54, 1.807) is 22.1 Å². The van der Waals surface area contributed by atoms with Crippen molar-refractivity contribution in [3.05, 3.63) is 65.7 Å². The lowest BCUT2D eigenvalue weighted by atomic mass is 10.2. The van der Waals surface area contributed by atoms with E-state index in [0.717, 1.165) is 17.2 Å². The van der Waals surface area contributed by atoms with Crippen LogP contribution >= 0.6 is 11.8 Å². The van der Waals surface area contributed by atoms with Gasteiger partial charge < -0.3 is 5.32 Å². The maximum Gasteiger partial charge on any atom is 0.252 e. The Morgan fingerprint density at radius 2 is 1.67 bits per heavy atom. The lowest BCUT2D eigenvalue weighted by molar-refractivity contribution is 0.0953. The van der Waals surface area contributed by atoms with Crippen molar-refractivity contribution in [1.82, 2.24) is 14.5 Å². The molecule has 1 fully saturated rings. The Kier molecular flexibility index (Phi) is 8.32. The molecule has 6 nitrogen and oxygen atoms in total. The Morgan fingerprint density at radius 1 is 1.00 bits per heavy atom. The molecule has 2 aromatic carbocycles. The number of nitrogens with zero attached hydrogens (tertiary/aromatic N) is 2. The molecule has 0 saturated carbocycles. The third-order valence-corrected chi connectivity index (χ3v) is 7.88. The van der Waals surface area contributed by atoms with Crippen LogP contribution in [0.3, 0.4) is 0 Å². The molecule has 1 heterocycles. The van der Waals surface area contributed by atoms with Crippen LogP contribution in [0.2, 0.25) is 0 Å².